The van der Waals surface area contributed by atoms with Gasteiger partial charge in [0.05, 0.1) is 0 Å². The van der Waals surface area contributed by atoms with Gasteiger partial charge in [-0.3, -0.25) is 4.90 Å². The van der Waals surface area contributed by atoms with Crippen LogP contribution in [0.3, 0.4) is 0 Å². The normalized spacial score (nSPS) is 33.7. The SMILES string of the molecule is C/C=C/CN1CC(C2CC2)NCC1CC. The van der Waals surface area contributed by atoms with Crippen molar-refractivity contribution >= 4 is 0 Å². The Morgan fingerprint density at radius 1 is 1.40 bits per heavy atom. The standard InChI is InChI=1S/C13H24N2/c1-3-5-8-15-10-13(11-6-7-11)14-9-12(15)4-2/h3,5,11-14H,4,6-10H2,1-2H3/b5-3+. The van der Waals surface area contributed by atoms with Crippen LogP contribution < -0.4 is 5.32 Å². The molecule has 2 aliphatic rings. The van der Waals surface area contributed by atoms with E-state index in [2.05, 4.69) is 36.2 Å². The summed E-state index contributed by atoms with van der Waals surface area (Å²) in [5, 5.41) is 3.72. The first kappa shape index (κ1) is 11.2. The maximum absolute atomic E-state index is 3.72. The average Bonchev–Trinajstić information content (AvgIpc) is 3.09. The first-order chi connectivity index (χ1) is 7.35. The Kier molecular flexibility index (Phi) is 3.81. The van der Waals surface area contributed by atoms with Crippen molar-refractivity contribution in [2.75, 3.05) is 19.6 Å². The summed E-state index contributed by atoms with van der Waals surface area (Å²) in [6.07, 6.45) is 8.62. The third-order valence-corrected chi connectivity index (χ3v) is 3.80. The van der Waals surface area contributed by atoms with Crippen LogP contribution >= 0.6 is 0 Å². The summed E-state index contributed by atoms with van der Waals surface area (Å²) < 4.78 is 0. The van der Waals surface area contributed by atoms with Crippen molar-refractivity contribution in [3.8, 4) is 0 Å². The van der Waals surface area contributed by atoms with Gasteiger partial charge in [-0.25, -0.2) is 0 Å². The molecule has 0 spiro atoms. The van der Waals surface area contributed by atoms with E-state index in [1.165, 1.54) is 32.4 Å². The summed E-state index contributed by atoms with van der Waals surface area (Å²) in [5.74, 6) is 0.982. The predicted molar refractivity (Wildman–Crippen MR) is 65.0 cm³/mol. The van der Waals surface area contributed by atoms with Gasteiger partial charge in [0.2, 0.25) is 0 Å². The Hall–Kier alpha value is -0.340. The van der Waals surface area contributed by atoms with E-state index >= 15 is 0 Å². The fraction of sp³-hybridized carbons (Fsp3) is 0.846. The third-order valence-electron chi connectivity index (χ3n) is 3.80. The minimum atomic E-state index is 0.746. The largest absolute Gasteiger partial charge is 0.311 e. The minimum Gasteiger partial charge on any atom is -0.311 e. The van der Waals surface area contributed by atoms with E-state index in [1.807, 2.05) is 0 Å². The highest BCUT2D eigenvalue weighted by Crippen LogP contribution is 2.34. The molecule has 1 heterocycles. The second-order valence-electron chi connectivity index (χ2n) is 4.94. The molecular weight excluding hydrogens is 184 g/mol. The van der Waals surface area contributed by atoms with E-state index in [0.717, 1.165) is 24.5 Å². The first-order valence-electron chi connectivity index (χ1n) is 6.43. The van der Waals surface area contributed by atoms with E-state index in [1.54, 1.807) is 0 Å². The van der Waals surface area contributed by atoms with Gasteiger partial charge in [0.15, 0.2) is 0 Å². The molecule has 0 amide bonds. The van der Waals surface area contributed by atoms with Gasteiger partial charge in [0.1, 0.15) is 0 Å². The molecule has 2 nitrogen and oxygen atoms in total. The van der Waals surface area contributed by atoms with Gasteiger partial charge in [0.25, 0.3) is 0 Å². The van der Waals surface area contributed by atoms with Gasteiger partial charge in [-0.05, 0) is 32.1 Å². The molecule has 1 N–H and O–H groups in total. The van der Waals surface area contributed by atoms with Crippen molar-refractivity contribution in [3.63, 3.8) is 0 Å². The molecule has 15 heavy (non-hydrogen) atoms. The van der Waals surface area contributed by atoms with E-state index in [0.29, 0.717) is 0 Å². The summed E-state index contributed by atoms with van der Waals surface area (Å²) in [7, 11) is 0. The molecule has 1 aliphatic heterocycles. The maximum atomic E-state index is 3.72. The van der Waals surface area contributed by atoms with Gasteiger partial charge in [0, 0.05) is 31.7 Å². The topological polar surface area (TPSA) is 15.3 Å². The van der Waals surface area contributed by atoms with E-state index in [-0.39, 0.29) is 0 Å². The Bertz CT molecular complexity index is 221. The van der Waals surface area contributed by atoms with Crippen molar-refractivity contribution in [2.45, 2.75) is 45.2 Å². The summed E-state index contributed by atoms with van der Waals surface area (Å²) in [4.78, 5) is 2.65. The molecule has 0 bridgehead atoms. The zero-order chi connectivity index (χ0) is 10.7. The summed E-state index contributed by atoms with van der Waals surface area (Å²) >= 11 is 0. The Labute approximate surface area is 93.7 Å². The molecular formula is C13H24N2. The number of nitrogens with zero attached hydrogens (tertiary/aromatic N) is 1. The highest BCUT2D eigenvalue weighted by Gasteiger charge is 2.36. The van der Waals surface area contributed by atoms with E-state index in [9.17, 15) is 0 Å². The number of hydrogen-bond acceptors (Lipinski definition) is 2. The second kappa shape index (κ2) is 5.13. The molecule has 2 unspecified atom stereocenters. The molecule has 2 rings (SSSR count). The molecule has 86 valence electrons. The fourth-order valence-electron chi connectivity index (χ4n) is 2.56. The van der Waals surface area contributed by atoms with Crippen LogP contribution in [0.15, 0.2) is 12.2 Å². The van der Waals surface area contributed by atoms with Crippen LogP contribution in [-0.2, 0) is 0 Å². The molecule has 2 atom stereocenters. The molecule has 0 radical (unpaired) electrons. The number of nitrogens with one attached hydrogen (secondary N) is 1. The van der Waals surface area contributed by atoms with E-state index in [4.69, 9.17) is 0 Å². The molecule has 1 saturated carbocycles. The summed E-state index contributed by atoms with van der Waals surface area (Å²) in [5.41, 5.74) is 0. The van der Waals surface area contributed by atoms with Crippen molar-refractivity contribution in [3.05, 3.63) is 12.2 Å². The van der Waals surface area contributed by atoms with Crippen LogP contribution in [0.5, 0.6) is 0 Å². The first-order valence-corrected chi connectivity index (χ1v) is 6.43. The highest BCUT2D eigenvalue weighted by molar-refractivity contribution is 4.96. The molecule has 1 aliphatic carbocycles. The molecule has 1 saturated heterocycles. The number of allylic oxidation sites excluding steroid dienone is 1. The van der Waals surface area contributed by atoms with Crippen LogP contribution in [0.4, 0.5) is 0 Å². The quantitative estimate of drug-likeness (QED) is 0.711. The predicted octanol–water partition coefficient (Wildman–Crippen LogP) is 2.02. The minimum absolute atomic E-state index is 0.746. The van der Waals surface area contributed by atoms with Crippen LogP contribution in [-0.4, -0.2) is 36.6 Å². The lowest BCUT2D eigenvalue weighted by atomic mass is 10.0. The van der Waals surface area contributed by atoms with Crippen molar-refractivity contribution < 1.29 is 0 Å². The van der Waals surface area contributed by atoms with Gasteiger partial charge >= 0.3 is 0 Å². The average molecular weight is 208 g/mol. The molecule has 0 aromatic carbocycles. The zero-order valence-electron chi connectivity index (χ0n) is 10.1. The molecule has 0 aromatic rings. The van der Waals surface area contributed by atoms with Crippen LogP contribution in [0, 0.1) is 5.92 Å². The van der Waals surface area contributed by atoms with Gasteiger partial charge in [-0.1, -0.05) is 19.1 Å². The van der Waals surface area contributed by atoms with Crippen molar-refractivity contribution in [2.24, 2.45) is 5.92 Å². The fourth-order valence-corrected chi connectivity index (χ4v) is 2.56. The maximum Gasteiger partial charge on any atom is 0.0224 e. The van der Waals surface area contributed by atoms with Crippen molar-refractivity contribution in [1.29, 1.82) is 0 Å². The summed E-state index contributed by atoms with van der Waals surface area (Å²) in [6, 6.07) is 1.52. The van der Waals surface area contributed by atoms with Gasteiger partial charge < -0.3 is 5.32 Å². The van der Waals surface area contributed by atoms with Crippen LogP contribution in [0.25, 0.3) is 0 Å². The molecule has 0 aromatic heterocycles. The lowest BCUT2D eigenvalue weighted by Crippen LogP contribution is -2.56. The molecule has 2 heteroatoms. The summed E-state index contributed by atoms with van der Waals surface area (Å²) in [6.45, 7) is 8.00. The van der Waals surface area contributed by atoms with Gasteiger partial charge in [-0.2, -0.15) is 0 Å². The van der Waals surface area contributed by atoms with Crippen molar-refractivity contribution in [1.82, 2.24) is 10.2 Å². The number of rotatable bonds is 4. The monoisotopic (exact) mass is 208 g/mol. The van der Waals surface area contributed by atoms with Gasteiger partial charge in [-0.15, -0.1) is 0 Å². The highest BCUT2D eigenvalue weighted by atomic mass is 15.2. The number of hydrogen-bond donors (Lipinski definition) is 1. The zero-order valence-corrected chi connectivity index (χ0v) is 10.1. The lowest BCUT2D eigenvalue weighted by Gasteiger charge is -2.39. The smallest absolute Gasteiger partial charge is 0.0224 e. The Morgan fingerprint density at radius 3 is 2.80 bits per heavy atom. The van der Waals surface area contributed by atoms with Crippen LogP contribution in [0.2, 0.25) is 0 Å². The number of piperazine rings is 1. The third kappa shape index (κ3) is 2.82. The second-order valence-corrected chi connectivity index (χ2v) is 4.94. The van der Waals surface area contributed by atoms with E-state index < -0.39 is 0 Å². The molecule has 2 fully saturated rings. The Balaban J connectivity index is 1.88. The lowest BCUT2D eigenvalue weighted by molar-refractivity contribution is 0.133. The van der Waals surface area contributed by atoms with Crippen LogP contribution in [0.1, 0.15) is 33.1 Å². The Morgan fingerprint density at radius 2 is 2.20 bits per heavy atom.